The molecule has 0 fully saturated rings. The molecule has 0 saturated carbocycles. The molecule has 0 saturated heterocycles. The molecule has 1 aliphatic heterocycles. The van der Waals surface area contributed by atoms with Crippen molar-refractivity contribution in [1.29, 1.82) is 0 Å². The van der Waals surface area contributed by atoms with Crippen molar-refractivity contribution >= 4 is 57.5 Å². The van der Waals surface area contributed by atoms with Gasteiger partial charge in [0.2, 0.25) is 5.91 Å². The number of thioether (sulfide) groups is 1. The van der Waals surface area contributed by atoms with Crippen LogP contribution >= 0.6 is 35.1 Å². The standard InChI is InChI=1S/C25H31ClNO3S2/c1-5-7-13-25(14-8-6-2)23(28)27(18-11-9-17(26)10-12-18)19-15-22(31-4)20(30-3)16-21(19)32-24(25)29/h9-12,15-16,32H,5-8,13-14H2,1-4H3. The van der Waals surface area contributed by atoms with Crippen LogP contribution in [-0.2, 0) is 9.59 Å². The van der Waals surface area contributed by atoms with Crippen LogP contribution in [0.5, 0.6) is 5.75 Å². The molecule has 0 spiro atoms. The molecule has 32 heavy (non-hydrogen) atoms. The number of nitrogens with zero attached hydrogens (tertiary/aromatic N) is 1. The second-order valence-corrected chi connectivity index (χ2v) is 10.4. The number of methoxy groups -OCH3 is 1. The molecule has 0 bridgehead atoms. The maximum Gasteiger partial charge on any atom is 0.246 e. The van der Waals surface area contributed by atoms with Gasteiger partial charge in [0, 0.05) is 15.6 Å². The van der Waals surface area contributed by atoms with Gasteiger partial charge in [-0.05, 0) is 55.5 Å². The summed E-state index contributed by atoms with van der Waals surface area (Å²) in [7, 11) is 1.63. The summed E-state index contributed by atoms with van der Waals surface area (Å²) in [6.07, 6.45) is 6.65. The second kappa shape index (κ2) is 11.0. The van der Waals surface area contributed by atoms with Crippen LogP contribution in [0.25, 0.3) is 0 Å². The summed E-state index contributed by atoms with van der Waals surface area (Å²) < 4.78 is 5.59. The van der Waals surface area contributed by atoms with Crippen molar-refractivity contribution in [3.05, 3.63) is 41.4 Å². The summed E-state index contributed by atoms with van der Waals surface area (Å²) in [6, 6.07) is 11.2. The van der Waals surface area contributed by atoms with Crippen LogP contribution in [0.4, 0.5) is 11.4 Å². The minimum absolute atomic E-state index is 0.0129. The lowest BCUT2D eigenvalue weighted by atomic mass is 9.77. The number of fused-ring (bicyclic) bond motifs is 1. The van der Waals surface area contributed by atoms with E-state index in [0.717, 1.165) is 52.6 Å². The van der Waals surface area contributed by atoms with E-state index >= 15 is 0 Å². The third-order valence-electron chi connectivity index (χ3n) is 5.96. The Balaban J connectivity index is 2.27. The number of halogens is 1. The number of unbranched alkanes of at least 4 members (excludes halogenated alkanes) is 2. The largest absolute Gasteiger partial charge is 0.496 e. The third-order valence-corrected chi connectivity index (χ3v) is 8.21. The molecule has 173 valence electrons. The molecule has 0 aliphatic carbocycles. The predicted molar refractivity (Wildman–Crippen MR) is 137 cm³/mol. The van der Waals surface area contributed by atoms with Crippen LogP contribution in [0.15, 0.2) is 46.2 Å². The number of benzene rings is 2. The molecule has 0 atom stereocenters. The summed E-state index contributed by atoms with van der Waals surface area (Å²) in [6.45, 7) is 4.19. The van der Waals surface area contributed by atoms with Gasteiger partial charge >= 0.3 is 0 Å². The monoisotopic (exact) mass is 492 g/mol. The fourth-order valence-corrected chi connectivity index (χ4v) is 6.03. The van der Waals surface area contributed by atoms with Crippen molar-refractivity contribution < 1.29 is 14.3 Å². The summed E-state index contributed by atoms with van der Waals surface area (Å²) in [5.74, 6) is 0.588. The Morgan fingerprint density at radius 2 is 1.69 bits per heavy atom. The topological polar surface area (TPSA) is 46.6 Å². The third kappa shape index (κ3) is 4.82. The number of amides is 1. The highest BCUT2D eigenvalue weighted by Gasteiger charge is 2.49. The Morgan fingerprint density at radius 1 is 1.06 bits per heavy atom. The highest BCUT2D eigenvalue weighted by molar-refractivity contribution is 8.14. The van der Waals surface area contributed by atoms with E-state index in [1.54, 1.807) is 35.9 Å². The zero-order valence-electron chi connectivity index (χ0n) is 19.1. The Kier molecular flexibility index (Phi) is 8.59. The van der Waals surface area contributed by atoms with Gasteiger partial charge in [0.25, 0.3) is 0 Å². The summed E-state index contributed by atoms with van der Waals surface area (Å²) in [5.41, 5.74) is 0.436. The van der Waals surface area contributed by atoms with Crippen LogP contribution in [0.1, 0.15) is 52.4 Å². The van der Waals surface area contributed by atoms with Gasteiger partial charge in [-0.15, -0.1) is 23.5 Å². The normalized spacial score (nSPS) is 15.5. The minimum Gasteiger partial charge on any atom is -0.496 e. The molecule has 1 radical (unpaired) electrons. The maximum atomic E-state index is 14.3. The number of anilines is 2. The fourth-order valence-electron chi connectivity index (χ4n) is 4.11. The molecule has 3 rings (SSSR count). The number of thiol groups is 1. The fraction of sp³-hybridized carbons (Fsp3) is 0.440. The van der Waals surface area contributed by atoms with E-state index in [1.165, 1.54) is 0 Å². The van der Waals surface area contributed by atoms with Gasteiger partial charge in [0.05, 0.1) is 17.7 Å². The van der Waals surface area contributed by atoms with E-state index in [0.29, 0.717) is 29.6 Å². The van der Waals surface area contributed by atoms with E-state index < -0.39 is 5.41 Å². The Morgan fingerprint density at radius 3 is 2.22 bits per heavy atom. The maximum absolute atomic E-state index is 14.3. The van der Waals surface area contributed by atoms with Gasteiger partial charge < -0.3 is 4.74 Å². The van der Waals surface area contributed by atoms with Crippen LogP contribution in [0, 0.1) is 5.41 Å². The molecule has 0 N–H and O–H groups in total. The van der Waals surface area contributed by atoms with Crippen molar-refractivity contribution in [3.63, 3.8) is 0 Å². The van der Waals surface area contributed by atoms with Gasteiger partial charge in [-0.1, -0.05) is 51.1 Å². The number of rotatable bonds is 9. The molecular weight excluding hydrogens is 462 g/mol. The average molecular weight is 493 g/mol. The highest BCUT2D eigenvalue weighted by atomic mass is 35.5. The average Bonchev–Trinajstić information content (AvgIpc) is 2.88. The Labute approximate surface area is 204 Å². The van der Waals surface area contributed by atoms with Crippen LogP contribution in [0.2, 0.25) is 5.02 Å². The van der Waals surface area contributed by atoms with Crippen LogP contribution in [0.3, 0.4) is 0 Å². The predicted octanol–water partition coefficient (Wildman–Crippen LogP) is 7.47. The van der Waals surface area contributed by atoms with Crippen molar-refractivity contribution in [2.45, 2.75) is 62.2 Å². The molecule has 7 heteroatoms. The first kappa shape index (κ1) is 25.0. The van der Waals surface area contributed by atoms with E-state index in [-0.39, 0.29) is 11.0 Å². The lowest BCUT2D eigenvalue weighted by Crippen LogP contribution is -2.45. The van der Waals surface area contributed by atoms with Gasteiger partial charge in [0.15, 0.2) is 5.12 Å². The molecular formula is C25H31ClNO3S2. The van der Waals surface area contributed by atoms with E-state index in [9.17, 15) is 9.59 Å². The van der Waals surface area contributed by atoms with Crippen LogP contribution < -0.4 is 9.64 Å². The first-order valence-electron chi connectivity index (χ1n) is 11.0. The van der Waals surface area contributed by atoms with Gasteiger partial charge in [0.1, 0.15) is 11.2 Å². The van der Waals surface area contributed by atoms with Gasteiger partial charge in [-0.25, -0.2) is 0 Å². The molecule has 0 unspecified atom stereocenters. The van der Waals surface area contributed by atoms with Crippen molar-refractivity contribution in [2.24, 2.45) is 5.41 Å². The second-order valence-electron chi connectivity index (χ2n) is 8.02. The van der Waals surface area contributed by atoms with Crippen molar-refractivity contribution in [1.82, 2.24) is 0 Å². The molecule has 1 amide bonds. The highest BCUT2D eigenvalue weighted by Crippen LogP contribution is 2.51. The minimum atomic E-state index is -1.03. The summed E-state index contributed by atoms with van der Waals surface area (Å²) in [4.78, 5) is 31.6. The lowest BCUT2D eigenvalue weighted by molar-refractivity contribution is -0.136. The molecule has 2 aromatic carbocycles. The quantitative estimate of drug-likeness (QED) is 0.224. The van der Waals surface area contributed by atoms with Gasteiger partial charge in [-0.2, -0.15) is 0 Å². The first-order valence-corrected chi connectivity index (χ1v) is 13.5. The molecule has 2 aromatic rings. The molecule has 4 nitrogen and oxygen atoms in total. The molecule has 1 aliphatic rings. The Bertz CT molecular complexity index is 970. The number of hydrogen-bond donors (Lipinski definition) is 1. The van der Waals surface area contributed by atoms with E-state index in [4.69, 9.17) is 16.3 Å². The number of carbonyl (C=O) groups excluding carboxylic acids is 2. The smallest absolute Gasteiger partial charge is 0.246 e. The zero-order valence-corrected chi connectivity index (χ0v) is 21.6. The van der Waals surface area contributed by atoms with E-state index in [1.807, 2.05) is 30.5 Å². The number of carbonyl (C=O) groups is 2. The first-order chi connectivity index (χ1) is 15.4. The Hall–Kier alpha value is -1.63. The molecule has 1 heterocycles. The van der Waals surface area contributed by atoms with Gasteiger partial charge in [-0.3, -0.25) is 14.5 Å². The number of ether oxygens (including phenoxy) is 1. The zero-order chi connectivity index (χ0) is 23.3. The molecule has 0 aromatic heterocycles. The van der Waals surface area contributed by atoms with Crippen LogP contribution in [-0.4, -0.2) is 24.4 Å². The van der Waals surface area contributed by atoms with Crippen molar-refractivity contribution in [3.8, 4) is 5.75 Å². The SMILES string of the molecule is CCCCC1(CCCC)C(=O)[SH]c2cc(OC)c(SC)cc2N(c2ccc(Cl)cc2)C1=O. The van der Waals surface area contributed by atoms with Crippen molar-refractivity contribution in [2.75, 3.05) is 18.3 Å². The summed E-state index contributed by atoms with van der Waals surface area (Å²) in [5, 5.41) is 0.592. The lowest BCUT2D eigenvalue weighted by Gasteiger charge is -2.34. The number of hydrogen-bond acceptors (Lipinski definition) is 4. The van der Waals surface area contributed by atoms with E-state index in [2.05, 4.69) is 13.8 Å². The summed E-state index contributed by atoms with van der Waals surface area (Å²) >= 11 is 8.24.